The summed E-state index contributed by atoms with van der Waals surface area (Å²) in [5.41, 5.74) is 6.49. The Bertz CT molecular complexity index is 4550. The molecule has 0 unspecified atom stereocenters. The van der Waals surface area contributed by atoms with Crippen LogP contribution in [0.15, 0.2) is 78.9 Å². The number of hydrogen-bond acceptors (Lipinski definition) is 28. The summed E-state index contributed by atoms with van der Waals surface area (Å²) in [5.74, 6) is -24.2. The lowest BCUT2D eigenvalue weighted by atomic mass is 9.81. The Hall–Kier alpha value is -13.0. The van der Waals surface area contributed by atoms with Crippen LogP contribution in [-0.2, 0) is 110 Å². The highest BCUT2D eigenvalue weighted by Crippen LogP contribution is 2.30. The van der Waals surface area contributed by atoms with Gasteiger partial charge in [-0.15, -0.1) is 0 Å². The molecule has 5 rings (SSSR count). The third-order valence-corrected chi connectivity index (χ3v) is 22.9. The number of aliphatic hydroxyl groups is 4. The first kappa shape index (κ1) is 112. The van der Waals surface area contributed by atoms with Crippen LogP contribution in [0.2, 0.25) is 0 Å². The van der Waals surface area contributed by atoms with E-state index in [9.17, 15) is 142 Å². The number of carbonyl (C=O) groups excluding carboxylic acids is 17. The summed E-state index contributed by atoms with van der Waals surface area (Å²) in [5, 5.41) is 128. The lowest BCUT2D eigenvalue weighted by molar-refractivity contribution is -0.142. The second kappa shape index (κ2) is 56.1. The van der Waals surface area contributed by atoms with Crippen LogP contribution in [0.1, 0.15) is 149 Å². The van der Waals surface area contributed by atoms with Gasteiger partial charge in [-0.05, 0) is 131 Å². The fourth-order valence-corrected chi connectivity index (χ4v) is 15.0. The third-order valence-electron chi connectivity index (χ3n) is 22.0. The van der Waals surface area contributed by atoms with E-state index >= 15 is 0 Å². The van der Waals surface area contributed by atoms with Crippen LogP contribution in [0, 0.1) is 23.7 Å². The number of rotatable bonds is 57. The summed E-state index contributed by atoms with van der Waals surface area (Å²) in [7, 11) is 0. The van der Waals surface area contributed by atoms with Gasteiger partial charge in [-0.2, -0.15) is 0 Å². The van der Waals surface area contributed by atoms with E-state index in [-0.39, 0.29) is 98.6 Å². The number of imide groups is 1. The van der Waals surface area contributed by atoms with Gasteiger partial charge in [0.15, 0.2) is 0 Å². The smallest absolute Gasteiger partial charge is 0.305 e. The number of carboxylic acid groups (broad SMARTS) is 3. The topological polar surface area (TPSA) is 733 Å². The van der Waals surface area contributed by atoms with Gasteiger partial charge in [-0.25, -0.2) is 0 Å². The molecule has 0 bridgehead atoms. The number of hydrogen-bond donors (Lipinski definition) is 25. The first-order valence-electron chi connectivity index (χ1n) is 43.9. The molecule has 134 heavy (non-hydrogen) atoms. The van der Waals surface area contributed by atoms with E-state index in [0.717, 1.165) is 30.5 Å². The number of nitrogens with one attached hydrogen (secondary N) is 15. The highest BCUT2D eigenvalue weighted by Gasteiger charge is 2.42. The molecule has 2 aliphatic rings. The Morgan fingerprint density at radius 1 is 0.433 bits per heavy atom. The lowest BCUT2D eigenvalue weighted by Gasteiger charge is -2.30. The second-order valence-corrected chi connectivity index (χ2v) is 34.3. The SMILES string of the molecule is CC[C@H](C)[C@H](NC(=O)[C@H](CO)NC(=O)[C@H](Cc1ccc(O)cc1)NC(=O)[C@H](CC(=O)O)NC(=O)[C@H](CO)NC(=O)[C@@H](NC(=O)[C@H](Cc1ccccc1)NC(=O)[C@@H](NC(=O)CNC(=O)[C@H](CCC(=O)O)NC(=O)[C@H]1CC[C@H](C(=O)NCCN2C(=O)CSC2=O)CC1)[C@@H](C)O)[C@@H](C)O)C(=O)N[C@@H](Cc1ccc(O)cc1)C(=O)N[C@@H](CC(C)C)C(=O)N[C@@H](CC(=O)O)C(=O)N[C@H](C)CCCCN. The molecule has 1 heterocycles. The number of amides is 17. The number of aliphatic hydroxyl groups excluding tert-OH is 4. The van der Waals surface area contributed by atoms with Gasteiger partial charge in [0.05, 0.1) is 50.6 Å². The fraction of sp³-hybridized carbons (Fsp3) is 0.563. The standard InChI is InChI=1S/C87H125N17O29S/c1-8-45(4)70(84(130)97-59(37-51-19-27-55(110)28-20-51)78(124)93-57(34-44(2)3)77(123)95-61(38-68(115)116)76(122)91-46(5)14-12-13-31-88)102-83(129)64(42-106)99-79(125)58(36-50-17-25-54(109)26-18-50)94-80(126)62(39-69(117)118)96-82(128)63(41-105)100-86(132)72(48(7)108)103-81(127)60(35-49-15-10-9-11-16-49)98-85(131)71(47(6)107)101-65(111)40-90-75(121)56(29-30-67(113)114)92-74(120)53-23-21-52(22-24-53)73(119)89-32-33-104-66(112)43-134-87(104)133/h9-11,15-20,25-28,44-48,52-53,56-64,70-72,105-110H,8,12-14,21-24,29-43,88H2,1-7H3,(H,89,119)(H,90,121)(H,91,122)(H,92,120)(H,93,124)(H,94,126)(H,95,123)(H,96,128)(H,97,130)(H,98,131)(H,99,125)(H,100,132)(H,101,111)(H,102,129)(H,103,127)(H,113,114)(H,115,116)(H,117,118)/t45-,46+,47+,48+,52-,53-,56-,57-,58-,59-,60-,61-,62-,63-,64-,70-,71-,72-/m0/s1. The lowest BCUT2D eigenvalue weighted by Crippen LogP contribution is -2.63. The fourth-order valence-electron chi connectivity index (χ4n) is 14.2. The zero-order valence-corrected chi connectivity index (χ0v) is 76.2. The molecule has 46 nitrogen and oxygen atoms in total. The molecule has 0 spiro atoms. The molecule has 2 fully saturated rings. The Morgan fingerprint density at radius 2 is 0.836 bits per heavy atom. The van der Waals surface area contributed by atoms with Crippen molar-refractivity contribution >= 4 is 129 Å². The molecule has 738 valence electrons. The normalized spacial score (nSPS) is 17.2. The van der Waals surface area contributed by atoms with Gasteiger partial charge in [0.1, 0.15) is 84.0 Å². The summed E-state index contributed by atoms with van der Waals surface area (Å²) in [6, 6.07) is -4.27. The van der Waals surface area contributed by atoms with E-state index in [0.29, 0.717) is 36.9 Å². The Kier molecular flexibility index (Phi) is 46.7. The van der Waals surface area contributed by atoms with E-state index in [1.165, 1.54) is 67.6 Å². The van der Waals surface area contributed by atoms with Crippen molar-refractivity contribution < 1.29 is 142 Å². The van der Waals surface area contributed by atoms with Gasteiger partial charge >= 0.3 is 17.9 Å². The zero-order valence-electron chi connectivity index (χ0n) is 75.4. The number of benzene rings is 3. The number of thioether (sulfide) groups is 1. The van der Waals surface area contributed by atoms with Gasteiger partial charge < -0.3 is 131 Å². The van der Waals surface area contributed by atoms with Gasteiger partial charge in [-0.1, -0.05) is 107 Å². The van der Waals surface area contributed by atoms with Crippen LogP contribution in [0.25, 0.3) is 0 Å². The zero-order chi connectivity index (χ0) is 99.8. The van der Waals surface area contributed by atoms with E-state index < -0.39 is 273 Å². The molecule has 0 aromatic heterocycles. The number of phenolic OH excluding ortho intramolecular Hbond substituents is 2. The molecule has 0 radical (unpaired) electrons. The summed E-state index contributed by atoms with van der Waals surface area (Å²) in [6.07, 6.45) is -5.52. The molecule has 1 saturated heterocycles. The first-order chi connectivity index (χ1) is 63.3. The number of aromatic hydroxyl groups is 2. The predicted molar refractivity (Wildman–Crippen MR) is 476 cm³/mol. The number of nitrogens with two attached hydrogens (primary N) is 1. The molecular weight excluding hydrogens is 1780 g/mol. The molecule has 17 amide bonds. The molecular formula is C87H125N17O29S. The Labute approximate surface area is 776 Å². The monoisotopic (exact) mass is 1900 g/mol. The molecule has 1 saturated carbocycles. The van der Waals surface area contributed by atoms with Crippen LogP contribution in [-0.4, -0.2) is 304 Å². The van der Waals surface area contributed by atoms with Crippen LogP contribution >= 0.6 is 11.8 Å². The number of nitrogens with zero attached hydrogens (tertiary/aromatic N) is 1. The quantitative estimate of drug-likeness (QED) is 0.0235. The van der Waals surface area contributed by atoms with Gasteiger partial charge in [0.2, 0.25) is 94.5 Å². The van der Waals surface area contributed by atoms with Crippen LogP contribution in [0.4, 0.5) is 4.79 Å². The van der Waals surface area contributed by atoms with Crippen molar-refractivity contribution in [3.05, 3.63) is 95.6 Å². The van der Waals surface area contributed by atoms with E-state index in [4.69, 9.17) is 5.73 Å². The maximum atomic E-state index is 14.7. The second-order valence-electron chi connectivity index (χ2n) is 33.3. The summed E-state index contributed by atoms with van der Waals surface area (Å²) >= 11 is 0.850. The largest absolute Gasteiger partial charge is 0.508 e. The van der Waals surface area contributed by atoms with Crippen LogP contribution in [0.3, 0.4) is 0 Å². The Morgan fingerprint density at radius 3 is 1.29 bits per heavy atom. The minimum Gasteiger partial charge on any atom is -0.508 e. The van der Waals surface area contributed by atoms with Crippen molar-refractivity contribution in [1.82, 2.24) is 84.7 Å². The maximum absolute atomic E-state index is 14.7. The van der Waals surface area contributed by atoms with E-state index in [2.05, 4.69) is 79.8 Å². The maximum Gasteiger partial charge on any atom is 0.305 e. The Balaban J connectivity index is 1.29. The molecule has 3 aromatic carbocycles. The molecule has 26 N–H and O–H groups in total. The van der Waals surface area contributed by atoms with Crippen molar-refractivity contribution in [1.29, 1.82) is 0 Å². The van der Waals surface area contributed by atoms with Crippen LogP contribution < -0.4 is 85.5 Å². The predicted octanol–water partition coefficient (Wildman–Crippen LogP) is -5.04. The van der Waals surface area contributed by atoms with Crippen molar-refractivity contribution in [2.75, 3.05) is 45.1 Å². The average Bonchev–Trinajstić information content (AvgIpc) is 1.10. The highest BCUT2D eigenvalue weighted by atomic mass is 32.2. The first-order valence-corrected chi connectivity index (χ1v) is 44.8. The van der Waals surface area contributed by atoms with Gasteiger partial charge in [-0.3, -0.25) is 101 Å². The summed E-state index contributed by atoms with van der Waals surface area (Å²) < 4.78 is 0. The molecule has 3 aromatic rings. The van der Waals surface area contributed by atoms with Crippen molar-refractivity contribution in [2.24, 2.45) is 29.4 Å². The molecule has 16 atom stereocenters. The highest BCUT2D eigenvalue weighted by molar-refractivity contribution is 8.14. The minimum atomic E-state index is -2.23. The van der Waals surface area contributed by atoms with Crippen molar-refractivity contribution in [3.8, 4) is 11.5 Å². The van der Waals surface area contributed by atoms with E-state index in [1.54, 1.807) is 45.9 Å². The number of carboxylic acids is 3. The van der Waals surface area contributed by atoms with E-state index in [1.807, 2.05) is 0 Å². The van der Waals surface area contributed by atoms with Gasteiger partial charge in [0, 0.05) is 56.7 Å². The summed E-state index contributed by atoms with van der Waals surface area (Å²) in [4.78, 5) is 272. The molecule has 1 aliphatic heterocycles. The molecule has 1 aliphatic carbocycles. The minimum absolute atomic E-state index is 0.00520. The van der Waals surface area contributed by atoms with Crippen molar-refractivity contribution in [3.63, 3.8) is 0 Å². The molecule has 47 heteroatoms. The summed E-state index contributed by atoms with van der Waals surface area (Å²) in [6.45, 7) is 7.19. The number of unbranched alkanes of at least 4 members (excludes halogenated alkanes) is 1. The van der Waals surface area contributed by atoms with Crippen LogP contribution in [0.5, 0.6) is 11.5 Å². The number of phenols is 2. The number of carbonyl (C=O) groups is 20. The van der Waals surface area contributed by atoms with Gasteiger partial charge in [0.25, 0.3) is 5.24 Å². The average molecular weight is 1910 g/mol. The van der Waals surface area contributed by atoms with Crippen molar-refractivity contribution in [2.45, 2.75) is 242 Å². The number of aliphatic carboxylic acids is 3. The third kappa shape index (κ3) is 37.9.